The van der Waals surface area contributed by atoms with Crippen LogP contribution in [0.3, 0.4) is 0 Å². The molecule has 0 aliphatic carbocycles. The Morgan fingerprint density at radius 1 is 1.20 bits per heavy atom. The normalized spacial score (nSPS) is 15.6. The Kier molecular flexibility index (Phi) is 3.80. The van der Waals surface area contributed by atoms with Gasteiger partial charge in [0, 0.05) is 29.3 Å². The van der Waals surface area contributed by atoms with Gasteiger partial charge >= 0.3 is 0 Å². The van der Waals surface area contributed by atoms with Crippen LogP contribution in [0.1, 0.15) is 20.7 Å². The fraction of sp³-hybridized carbons (Fsp3) is 0.167. The Hall–Kier alpha value is -2.67. The molecule has 0 atom stereocenters. The third-order valence-corrected chi connectivity index (χ3v) is 4.83. The van der Waals surface area contributed by atoms with Crippen molar-refractivity contribution < 1.29 is 9.59 Å². The second-order valence-electron chi connectivity index (χ2n) is 5.89. The molecule has 0 unspecified atom stereocenters. The zero-order valence-corrected chi connectivity index (χ0v) is 15.1. The molecule has 4 rings (SSSR count). The summed E-state index contributed by atoms with van der Waals surface area (Å²) in [5.41, 5.74) is 2.55. The van der Waals surface area contributed by atoms with Crippen molar-refractivity contribution in [2.45, 2.75) is 0 Å². The first-order chi connectivity index (χ1) is 12.0. The second kappa shape index (κ2) is 6.00. The van der Waals surface area contributed by atoms with Crippen LogP contribution < -0.4 is 10.2 Å². The summed E-state index contributed by atoms with van der Waals surface area (Å²) < 4.78 is 0.912. The number of fused-ring (bicyclic) bond motifs is 3. The first-order valence-electron chi connectivity index (χ1n) is 7.85. The average Bonchev–Trinajstić information content (AvgIpc) is 3.10. The zero-order chi connectivity index (χ0) is 17.6. The third-order valence-electron chi connectivity index (χ3n) is 4.30. The minimum absolute atomic E-state index is 0.119. The summed E-state index contributed by atoms with van der Waals surface area (Å²) in [7, 11) is 1.72. The van der Waals surface area contributed by atoms with Gasteiger partial charge in [-0.1, -0.05) is 15.9 Å². The highest BCUT2D eigenvalue weighted by molar-refractivity contribution is 9.10. The summed E-state index contributed by atoms with van der Waals surface area (Å²) in [6.07, 6.45) is 0. The van der Waals surface area contributed by atoms with Gasteiger partial charge in [0.05, 0.1) is 17.8 Å². The fourth-order valence-corrected chi connectivity index (χ4v) is 3.31. The van der Waals surface area contributed by atoms with Crippen molar-refractivity contribution in [1.29, 1.82) is 0 Å². The van der Waals surface area contributed by atoms with Crippen LogP contribution in [0.15, 0.2) is 51.9 Å². The monoisotopic (exact) mass is 398 g/mol. The zero-order valence-electron chi connectivity index (χ0n) is 13.5. The van der Waals surface area contributed by atoms with Gasteiger partial charge in [0.25, 0.3) is 11.8 Å². The van der Waals surface area contributed by atoms with Gasteiger partial charge in [-0.3, -0.25) is 19.5 Å². The van der Waals surface area contributed by atoms with Gasteiger partial charge in [-0.2, -0.15) is 0 Å². The van der Waals surface area contributed by atoms with Crippen molar-refractivity contribution in [3.8, 4) is 0 Å². The van der Waals surface area contributed by atoms with E-state index in [-0.39, 0.29) is 11.8 Å². The summed E-state index contributed by atoms with van der Waals surface area (Å²) in [4.78, 5) is 32.9. The Balaban J connectivity index is 1.63. The standard InChI is InChI=1S/C18H15BrN4O2/c1-22-17(25)14-10-13(6-7-15(14)23-9-8-20-18(22)23)21-16(24)11-2-4-12(19)5-3-11/h2-7,10H,8-9H2,1H3,(H,21,24). The molecule has 0 radical (unpaired) electrons. The van der Waals surface area contributed by atoms with Crippen LogP contribution in [0.5, 0.6) is 0 Å². The predicted molar refractivity (Wildman–Crippen MR) is 100 cm³/mol. The van der Waals surface area contributed by atoms with Crippen LogP contribution in [0, 0.1) is 0 Å². The number of guanidine groups is 1. The van der Waals surface area contributed by atoms with Crippen LogP contribution >= 0.6 is 15.9 Å². The highest BCUT2D eigenvalue weighted by Crippen LogP contribution is 2.32. The van der Waals surface area contributed by atoms with Crippen molar-refractivity contribution >= 4 is 45.1 Å². The SMILES string of the molecule is CN1C(=O)c2cc(NC(=O)c3ccc(Br)cc3)ccc2N2CCN=C12. The molecule has 2 aliphatic rings. The van der Waals surface area contributed by atoms with Crippen molar-refractivity contribution in [1.82, 2.24) is 4.90 Å². The molecule has 0 saturated carbocycles. The lowest BCUT2D eigenvalue weighted by atomic mass is 10.1. The highest BCUT2D eigenvalue weighted by atomic mass is 79.9. The predicted octanol–water partition coefficient (Wildman–Crippen LogP) is 2.96. The summed E-state index contributed by atoms with van der Waals surface area (Å²) >= 11 is 3.35. The van der Waals surface area contributed by atoms with Crippen LogP contribution in [0.4, 0.5) is 11.4 Å². The number of benzene rings is 2. The molecule has 126 valence electrons. The first kappa shape index (κ1) is 15.8. The largest absolute Gasteiger partial charge is 0.322 e. The molecule has 6 nitrogen and oxygen atoms in total. The number of aliphatic imine (C=N–C) groups is 1. The minimum atomic E-state index is -0.215. The van der Waals surface area contributed by atoms with Gasteiger partial charge in [-0.25, -0.2) is 0 Å². The maximum atomic E-state index is 12.6. The molecule has 2 amide bonds. The number of hydrogen-bond donors (Lipinski definition) is 1. The molecule has 0 aromatic heterocycles. The van der Waals surface area contributed by atoms with Crippen LogP contribution in [-0.2, 0) is 0 Å². The number of amides is 2. The van der Waals surface area contributed by atoms with E-state index in [0.29, 0.717) is 29.3 Å². The lowest BCUT2D eigenvalue weighted by molar-refractivity contribution is 0.0865. The topological polar surface area (TPSA) is 65.0 Å². The number of rotatable bonds is 2. The van der Waals surface area contributed by atoms with Gasteiger partial charge < -0.3 is 10.2 Å². The summed E-state index contributed by atoms with van der Waals surface area (Å²) in [5, 5.41) is 2.85. The van der Waals surface area contributed by atoms with Gasteiger partial charge in [-0.15, -0.1) is 0 Å². The van der Waals surface area contributed by atoms with E-state index in [0.717, 1.165) is 16.7 Å². The molecule has 25 heavy (non-hydrogen) atoms. The highest BCUT2D eigenvalue weighted by Gasteiger charge is 2.35. The van der Waals surface area contributed by atoms with E-state index in [4.69, 9.17) is 0 Å². The number of carbonyl (C=O) groups excluding carboxylic acids is 2. The molecule has 0 spiro atoms. The second-order valence-corrected chi connectivity index (χ2v) is 6.81. The molecule has 7 heteroatoms. The lowest BCUT2D eigenvalue weighted by Gasteiger charge is -2.33. The van der Waals surface area contributed by atoms with E-state index in [1.54, 1.807) is 30.1 Å². The van der Waals surface area contributed by atoms with Crippen molar-refractivity contribution in [3.05, 3.63) is 58.1 Å². The summed E-state index contributed by atoms with van der Waals surface area (Å²) in [6.45, 7) is 1.43. The van der Waals surface area contributed by atoms with Gasteiger partial charge in [0.1, 0.15) is 0 Å². The van der Waals surface area contributed by atoms with Gasteiger partial charge in [0.2, 0.25) is 5.96 Å². The molecular formula is C18H15BrN4O2. The Bertz CT molecular complexity index is 908. The molecule has 1 N–H and O–H groups in total. The number of halogens is 1. The Labute approximate surface area is 153 Å². The van der Waals surface area contributed by atoms with E-state index in [2.05, 4.69) is 26.2 Å². The number of nitrogens with zero attached hydrogens (tertiary/aromatic N) is 3. The quantitative estimate of drug-likeness (QED) is 0.845. The van der Waals surface area contributed by atoms with Crippen LogP contribution in [-0.4, -0.2) is 42.8 Å². The van der Waals surface area contributed by atoms with Crippen LogP contribution in [0.2, 0.25) is 0 Å². The van der Waals surface area contributed by atoms with E-state index in [1.165, 1.54) is 0 Å². The molecule has 2 aromatic carbocycles. The van der Waals surface area contributed by atoms with E-state index in [1.807, 2.05) is 29.2 Å². The molecule has 0 fully saturated rings. The van der Waals surface area contributed by atoms with Crippen LogP contribution in [0.25, 0.3) is 0 Å². The van der Waals surface area contributed by atoms with Gasteiger partial charge in [-0.05, 0) is 42.5 Å². The number of anilines is 2. The van der Waals surface area contributed by atoms with E-state index >= 15 is 0 Å². The Morgan fingerprint density at radius 2 is 1.96 bits per heavy atom. The first-order valence-corrected chi connectivity index (χ1v) is 8.65. The number of carbonyl (C=O) groups is 2. The Morgan fingerprint density at radius 3 is 2.72 bits per heavy atom. The van der Waals surface area contributed by atoms with E-state index < -0.39 is 0 Å². The average molecular weight is 399 g/mol. The molecule has 0 bridgehead atoms. The molecule has 2 heterocycles. The van der Waals surface area contributed by atoms with E-state index in [9.17, 15) is 9.59 Å². The summed E-state index contributed by atoms with van der Waals surface area (Å²) in [5.74, 6) is 0.350. The molecule has 2 aliphatic heterocycles. The maximum absolute atomic E-state index is 12.6. The maximum Gasteiger partial charge on any atom is 0.262 e. The number of nitrogens with one attached hydrogen (secondary N) is 1. The minimum Gasteiger partial charge on any atom is -0.322 e. The van der Waals surface area contributed by atoms with Gasteiger partial charge in [0.15, 0.2) is 0 Å². The van der Waals surface area contributed by atoms with Crippen molar-refractivity contribution in [2.24, 2.45) is 4.99 Å². The lowest BCUT2D eigenvalue weighted by Crippen LogP contribution is -2.48. The van der Waals surface area contributed by atoms with Crippen molar-refractivity contribution in [2.75, 3.05) is 30.4 Å². The fourth-order valence-electron chi connectivity index (χ4n) is 3.05. The molecular weight excluding hydrogens is 384 g/mol. The smallest absolute Gasteiger partial charge is 0.262 e. The molecule has 0 saturated heterocycles. The molecule has 2 aromatic rings. The van der Waals surface area contributed by atoms with Crippen molar-refractivity contribution in [3.63, 3.8) is 0 Å². The number of hydrogen-bond acceptors (Lipinski definition) is 4. The summed E-state index contributed by atoms with van der Waals surface area (Å²) in [6, 6.07) is 12.5. The third kappa shape index (κ3) is 2.70.